The molecule has 0 radical (unpaired) electrons. The minimum atomic E-state index is -2.21. The summed E-state index contributed by atoms with van der Waals surface area (Å²) in [4.78, 5) is 30.0. The molecule has 10 nitrogen and oxygen atoms in total. The molecular formula is C71H89NO9. The fraction of sp³-hybridized carbons (Fsp3) is 0.718. The summed E-state index contributed by atoms with van der Waals surface area (Å²) in [6, 6.07) is 16.9. The van der Waals surface area contributed by atoms with Gasteiger partial charge in [0.05, 0.1) is 29.8 Å². The van der Waals surface area contributed by atoms with Crippen molar-refractivity contribution in [3.8, 4) is 11.8 Å². The van der Waals surface area contributed by atoms with Crippen LogP contribution >= 0.6 is 0 Å². The van der Waals surface area contributed by atoms with Gasteiger partial charge in [0.1, 0.15) is 23.6 Å². The first-order chi connectivity index (χ1) is 39.3. The predicted octanol–water partition coefficient (Wildman–Crippen LogP) is 9.71. The highest BCUT2D eigenvalue weighted by molar-refractivity contribution is 5.86. The highest BCUT2D eigenvalue weighted by Gasteiger charge is 2.88. The number of allylic oxidation sites excluding steroid dienone is 2. The minimum absolute atomic E-state index is 0.118. The van der Waals surface area contributed by atoms with E-state index >= 15 is 20.1 Å². The van der Waals surface area contributed by atoms with Crippen molar-refractivity contribution in [3.63, 3.8) is 0 Å². The van der Waals surface area contributed by atoms with Crippen LogP contribution in [0.25, 0.3) is 0 Å². The summed E-state index contributed by atoms with van der Waals surface area (Å²) in [6.07, 6.45) is 24.0. The number of hydrogen-bond donors (Lipinski definition) is 6. The van der Waals surface area contributed by atoms with Gasteiger partial charge in [-0.1, -0.05) is 105 Å². The van der Waals surface area contributed by atoms with E-state index in [2.05, 4.69) is 65.7 Å². The summed E-state index contributed by atoms with van der Waals surface area (Å²) in [6.45, 7) is 0.504. The molecule has 0 aromatic heterocycles. The average molecular weight is 1100 g/mol. The molecule has 10 saturated carbocycles. The molecule has 4 bridgehead atoms. The second-order valence-corrected chi connectivity index (χ2v) is 30.3. The molecule has 432 valence electrons. The number of esters is 1. The molecule has 23 atom stereocenters. The quantitative estimate of drug-likeness (QED) is 0.0735. The zero-order chi connectivity index (χ0) is 55.1. The van der Waals surface area contributed by atoms with Crippen molar-refractivity contribution in [1.29, 1.82) is 0 Å². The van der Waals surface area contributed by atoms with Crippen LogP contribution in [-0.4, -0.2) is 92.6 Å². The number of rotatable bonds is 5. The third-order valence-corrected chi connectivity index (χ3v) is 28.2. The van der Waals surface area contributed by atoms with Crippen LogP contribution in [0.3, 0.4) is 0 Å². The van der Waals surface area contributed by atoms with Crippen LogP contribution < -0.4 is 5.32 Å². The Labute approximate surface area is 480 Å². The van der Waals surface area contributed by atoms with Gasteiger partial charge in [-0.15, -0.1) is 0 Å². The van der Waals surface area contributed by atoms with E-state index in [1.807, 2.05) is 19.2 Å². The molecule has 0 amide bonds. The second-order valence-electron chi connectivity index (χ2n) is 30.3. The molecule has 15 aliphatic rings. The third-order valence-electron chi connectivity index (χ3n) is 28.2. The third kappa shape index (κ3) is 6.84. The molecule has 2 aliphatic heterocycles. The maximum Gasteiger partial charge on any atom is 0.331 e. The van der Waals surface area contributed by atoms with Gasteiger partial charge in [0.25, 0.3) is 0 Å². The van der Waals surface area contributed by atoms with Gasteiger partial charge in [-0.25, -0.2) is 4.79 Å². The molecule has 10 heteroatoms. The number of aliphatic hydroxyl groups is 5. The van der Waals surface area contributed by atoms with Crippen LogP contribution in [0.2, 0.25) is 0 Å². The number of benzene rings is 2. The first-order valence-electron chi connectivity index (χ1n) is 32.8. The fourth-order valence-corrected chi connectivity index (χ4v) is 25.5. The smallest absolute Gasteiger partial charge is 0.331 e. The van der Waals surface area contributed by atoms with Crippen molar-refractivity contribution in [2.75, 3.05) is 13.7 Å². The minimum Gasteiger partial charge on any atom is -0.454 e. The van der Waals surface area contributed by atoms with Gasteiger partial charge < -0.3 is 45.1 Å². The van der Waals surface area contributed by atoms with E-state index in [9.17, 15) is 15.0 Å². The Kier molecular flexibility index (Phi) is 12.2. The SMILES string of the molecule is CN[C@H]1Cc2c(cccc2CO)C#CC2(CCCC2)C[C@]23CC[C@H]4[C@@](O)([C@H](O)[C@H]5C[C@@H]6[C@@H](C=CC[C@H]6C6CCCC6)C[C@@H]6[C@H]7OCC[C@H]8C[C@@H]9C[C@@H](c%10ccccc%10)CC[C@@H]9[C@]87C[C@@]4(C=O)[C@@]65O)[C@@]2(O)C[C@H]2C[C@H]1[C@@H]1OC(=O)C=C1[C@@H]23. The number of aliphatic hydroxyl groups excluding tert-OH is 2. The molecule has 11 fully saturated rings. The second kappa shape index (κ2) is 18.7. The first kappa shape index (κ1) is 52.9. The molecule has 2 heterocycles. The number of hydrogen-bond acceptors (Lipinski definition) is 10. The summed E-state index contributed by atoms with van der Waals surface area (Å²) in [5, 5.41) is 74.9. The van der Waals surface area contributed by atoms with E-state index in [1.54, 1.807) is 6.08 Å². The maximum absolute atomic E-state index is 15.9. The van der Waals surface area contributed by atoms with E-state index in [1.165, 1.54) is 31.2 Å². The van der Waals surface area contributed by atoms with Crippen molar-refractivity contribution in [3.05, 3.63) is 94.6 Å². The standard InChI is InChI=1S/C71H89NO9/c1-72-58-34-51-43(15-9-17-46(51)37-73)21-26-65(24-7-8-25-65)38-66-27-22-59-67(40-74)39-68-49(30-47-29-44(19-20-55(47)68)41-11-3-2-4-12-41)23-28-80-64(68)57-32-45-16-10-18-50(42-13-5-6-14-42)52(45)33-56(70(57,67)78)63(76)71(59,79)69(66,77)36-48-31-53(58)62-54(61(48)66)35-60(75)81-62/h2-4,9-12,15-17,35,40,42,44-45,47-50,52-53,55-59,61-64,72-73,76-79H,5-8,13-14,18-20,22-25,27-34,36-39H2,1H3/t44-,45-,47-,48+,49-,50-,52+,53+,55-,56+,57+,58-,59+,61+,62-,63+,64+,66-,67-,68-,69+,70-,71+/m0/s1. The van der Waals surface area contributed by atoms with Crippen molar-refractivity contribution in [2.45, 2.75) is 201 Å². The molecule has 6 N–H and O–H groups in total. The van der Waals surface area contributed by atoms with Gasteiger partial charge in [-0.2, -0.15) is 0 Å². The fourth-order valence-electron chi connectivity index (χ4n) is 25.5. The highest BCUT2D eigenvalue weighted by Crippen LogP contribution is 2.82. The molecule has 0 unspecified atom stereocenters. The Morgan fingerprint density at radius 2 is 1.62 bits per heavy atom. The van der Waals surface area contributed by atoms with E-state index < -0.39 is 68.4 Å². The van der Waals surface area contributed by atoms with Gasteiger partial charge in [0.15, 0.2) is 0 Å². The summed E-state index contributed by atoms with van der Waals surface area (Å²) in [5.41, 5.74) is -4.40. The Bertz CT molecular complexity index is 2990. The average Bonchev–Trinajstić information content (AvgIpc) is 3.04. The molecule has 17 rings (SSSR count). The normalized spacial score (nSPS) is 50.4. The number of ether oxygens (including phenoxy) is 2. The molecule has 1 saturated heterocycles. The van der Waals surface area contributed by atoms with Gasteiger partial charge in [0.2, 0.25) is 0 Å². The van der Waals surface area contributed by atoms with Crippen LogP contribution in [0, 0.1) is 110 Å². The lowest BCUT2D eigenvalue weighted by atomic mass is 9.31. The Hall–Kier alpha value is -3.66. The monoisotopic (exact) mass is 1100 g/mol. The lowest BCUT2D eigenvalue weighted by molar-refractivity contribution is -0.393. The van der Waals surface area contributed by atoms with Crippen LogP contribution in [0.5, 0.6) is 0 Å². The van der Waals surface area contributed by atoms with E-state index in [4.69, 9.17) is 9.47 Å². The summed E-state index contributed by atoms with van der Waals surface area (Å²) in [5.74, 6) is 6.88. The van der Waals surface area contributed by atoms with Crippen LogP contribution in [0.4, 0.5) is 0 Å². The first-order valence-corrected chi connectivity index (χ1v) is 32.8. The maximum atomic E-state index is 15.9. The van der Waals surface area contributed by atoms with Crippen LogP contribution in [-0.2, 0) is 32.1 Å². The van der Waals surface area contributed by atoms with Crippen molar-refractivity contribution in [1.82, 2.24) is 5.32 Å². The van der Waals surface area contributed by atoms with Crippen molar-refractivity contribution < 1.29 is 44.6 Å². The topological polar surface area (TPSA) is 166 Å². The molecule has 2 aromatic carbocycles. The van der Waals surface area contributed by atoms with E-state index in [0.29, 0.717) is 81.6 Å². The molecular weight excluding hydrogens is 1010 g/mol. The number of likely N-dealkylation sites (N-methyl/N-ethyl adjacent to an activating group) is 1. The van der Waals surface area contributed by atoms with Crippen LogP contribution in [0.1, 0.15) is 169 Å². The van der Waals surface area contributed by atoms with E-state index in [0.717, 1.165) is 92.8 Å². The van der Waals surface area contributed by atoms with Gasteiger partial charge >= 0.3 is 5.97 Å². The Morgan fingerprint density at radius 1 is 0.790 bits per heavy atom. The molecule has 81 heavy (non-hydrogen) atoms. The Balaban J connectivity index is 0.903. The van der Waals surface area contributed by atoms with Gasteiger partial charge in [-0.3, -0.25) is 0 Å². The zero-order valence-electron chi connectivity index (χ0n) is 47.9. The number of aldehydes is 1. The summed E-state index contributed by atoms with van der Waals surface area (Å²) in [7, 11) is 1.96. The highest BCUT2D eigenvalue weighted by atomic mass is 16.5. The largest absolute Gasteiger partial charge is 0.454 e. The van der Waals surface area contributed by atoms with E-state index in [-0.39, 0.29) is 72.6 Å². The summed E-state index contributed by atoms with van der Waals surface area (Å²) < 4.78 is 14.0. The predicted molar refractivity (Wildman–Crippen MR) is 305 cm³/mol. The number of carbonyl (C=O) groups is 2. The Morgan fingerprint density at radius 3 is 2.41 bits per heavy atom. The summed E-state index contributed by atoms with van der Waals surface area (Å²) >= 11 is 0. The number of carbonyl (C=O) groups excluding carboxylic acids is 2. The molecule has 13 aliphatic carbocycles. The lowest BCUT2D eigenvalue weighted by Crippen LogP contribution is -2.87. The zero-order valence-corrected chi connectivity index (χ0v) is 47.9. The van der Waals surface area contributed by atoms with Gasteiger partial charge in [-0.05, 0) is 204 Å². The number of nitrogens with one attached hydrogen (secondary N) is 1. The van der Waals surface area contributed by atoms with Gasteiger partial charge in [0, 0.05) is 64.2 Å². The number of fused-ring (bicyclic) bond motifs is 7. The molecule has 2 aromatic rings. The lowest BCUT2D eigenvalue weighted by Gasteiger charge is -2.76. The van der Waals surface area contributed by atoms with Crippen molar-refractivity contribution >= 4 is 12.3 Å². The van der Waals surface area contributed by atoms with Crippen molar-refractivity contribution in [2.24, 2.45) is 98.6 Å². The molecule has 3 spiro atoms. The van der Waals surface area contributed by atoms with Crippen LogP contribution in [0.15, 0.2) is 72.3 Å².